The number of benzene rings is 9. The largest absolute Gasteiger partial charge is 1.00 e. The van der Waals surface area contributed by atoms with Gasteiger partial charge in [0, 0.05) is 32.7 Å². The van der Waals surface area contributed by atoms with E-state index in [0.717, 1.165) is 31.4 Å². The fourth-order valence-corrected chi connectivity index (χ4v) is 19.8. The molecule has 7 N–H and O–H groups in total. The molecular formula is C74H82F4K2N10O19S5. The van der Waals surface area contributed by atoms with Gasteiger partial charge >= 0.3 is 144 Å². The summed E-state index contributed by atoms with van der Waals surface area (Å²) in [6, 6.07) is 55.7. The second-order valence-corrected chi connectivity index (χ2v) is 33.1. The van der Waals surface area contributed by atoms with Gasteiger partial charge in [-0.2, -0.15) is 42.1 Å². The minimum atomic E-state index is -4.19. The van der Waals surface area contributed by atoms with Crippen molar-refractivity contribution in [3.8, 4) is 0 Å². The number of aryl methyl sites for hydroxylation is 1. The van der Waals surface area contributed by atoms with E-state index in [4.69, 9.17) is 24.1 Å². The zero-order valence-corrected chi connectivity index (χ0v) is 72.6. The molecule has 29 nitrogen and oxygen atoms in total. The molecule has 40 heteroatoms. The van der Waals surface area contributed by atoms with Gasteiger partial charge in [0.1, 0.15) is 23.3 Å². The summed E-state index contributed by atoms with van der Waals surface area (Å²) in [6.45, 7) is 1.92. The Hall–Kier alpha value is -6.77. The van der Waals surface area contributed by atoms with Gasteiger partial charge < -0.3 is 47.8 Å². The molecule has 4 atom stereocenters. The fourth-order valence-electron chi connectivity index (χ4n) is 11.9. The molecule has 9 aromatic carbocycles. The Kier molecular flexibility index (Phi) is 35.2. The fraction of sp³-hybridized carbons (Fsp3) is 0.257. The summed E-state index contributed by atoms with van der Waals surface area (Å²) in [5.74, 6) is -2.53. The van der Waals surface area contributed by atoms with Crippen LogP contribution in [0.4, 0.5) is 85.8 Å². The number of epoxide rings is 1. The van der Waals surface area contributed by atoms with Crippen molar-refractivity contribution in [1.82, 2.24) is 5.32 Å². The number of halogens is 4. The van der Waals surface area contributed by atoms with E-state index in [2.05, 4.69) is 15.9 Å². The van der Waals surface area contributed by atoms with Gasteiger partial charge in [0.05, 0.1) is 117 Å². The Balaban J connectivity index is 0.000000233. The summed E-state index contributed by atoms with van der Waals surface area (Å²) < 4.78 is 205. The third kappa shape index (κ3) is 21.9. The molecule has 5 heterocycles. The van der Waals surface area contributed by atoms with Gasteiger partial charge in [-0.3, -0.25) is 26.2 Å². The molecule has 0 unspecified atom stereocenters. The predicted molar refractivity (Wildman–Crippen MR) is 415 cm³/mol. The third-order valence-corrected chi connectivity index (χ3v) is 25.7. The normalized spacial score (nSPS) is 16.5. The topological polar surface area (TPSA) is 387 Å². The molecular weight excluding hydrogens is 1650 g/mol. The number of hydrogen-bond acceptors (Lipinski definition) is 21. The SMILES string of the molecule is CN.CNC[C@@H](O)CCN1c2ccccc2N(c2ccccc2F)S1(=O)=O.Cc1ccc(S(=O)(=O)OC[C@@H](O)CCN2c3ccccc3N(c3ccccc3F)S2(=O)=O)cc1.O=CO[O-].O=S1(=O)N(CC[C@H](O)CO)c2ccccc2N1c1ccccc1F.O=S1(=O)N(CC[C@H]2CO2)c2ccccc2N1c1ccccc1F.[H-].[K+].[K+]. The molecule has 0 radical (unpaired) electrons. The van der Waals surface area contributed by atoms with Crippen molar-refractivity contribution in [3.63, 3.8) is 0 Å². The first kappa shape index (κ1) is 94.4. The van der Waals surface area contributed by atoms with Crippen molar-refractivity contribution in [2.24, 2.45) is 5.73 Å². The Labute approximate surface area is 746 Å². The van der Waals surface area contributed by atoms with Crippen LogP contribution in [-0.2, 0) is 69.6 Å². The van der Waals surface area contributed by atoms with E-state index in [1.165, 1.54) is 107 Å². The number of ether oxygens (including phenoxy) is 1. The number of likely N-dealkylation sites (N-methyl/N-ethyl adjacent to an activating group) is 1. The number of carbonyl (C=O) groups excluding carboxylic acids is 1. The minimum Gasteiger partial charge on any atom is -1.00 e. The van der Waals surface area contributed by atoms with Crippen LogP contribution in [0.1, 0.15) is 32.7 Å². The molecule has 9 aromatic rings. The van der Waals surface area contributed by atoms with Crippen molar-refractivity contribution in [2.45, 2.75) is 61.9 Å². The Bertz CT molecular complexity index is 5330. The molecule has 1 fully saturated rings. The van der Waals surface area contributed by atoms with E-state index < -0.39 is 106 Å². The van der Waals surface area contributed by atoms with Gasteiger partial charge in [0.25, 0.3) is 16.6 Å². The van der Waals surface area contributed by atoms with E-state index in [9.17, 15) is 75.0 Å². The van der Waals surface area contributed by atoms with Crippen LogP contribution in [0.3, 0.4) is 0 Å². The number of aliphatic hydroxyl groups is 4. The van der Waals surface area contributed by atoms with Crippen LogP contribution >= 0.6 is 0 Å². The number of nitrogens with two attached hydrogens (primary N) is 1. The Morgan fingerprint density at radius 1 is 0.482 bits per heavy atom. The maximum absolute atomic E-state index is 14.5. The average molecular weight is 1730 g/mol. The first-order valence-corrected chi connectivity index (χ1v) is 41.4. The number of rotatable bonds is 24. The van der Waals surface area contributed by atoms with Crippen molar-refractivity contribution >= 4 is 126 Å². The molecule has 0 aromatic heterocycles. The summed E-state index contributed by atoms with van der Waals surface area (Å²) in [6.07, 6.45) is -1.98. The van der Waals surface area contributed by atoms with Gasteiger partial charge in [0.2, 0.25) is 0 Å². The van der Waals surface area contributed by atoms with E-state index in [1.807, 2.05) is 6.92 Å². The molecule has 0 saturated carbocycles. The standard InChI is InChI=1S/C23H23FN2O6S2.C17H20FN3O3S.C16H17FN2O4S.C16H15FN2O3S.CH5N.CH2O3.2K.H/c1-17-10-12-19(13-11-17)33(28,29)32-16-18(27)14-15-25-22-8-4-5-9-23(22)26(34(25,30)31)21-7-3-2-6-20(21)24;1-19-12-13(22)10-11-20-16-8-4-5-9-17(16)21(25(20,23)24)15-7-3-2-6-14(15)18;17-13-5-1-2-6-14(13)19-16-8-4-3-7-15(16)18(24(19,22)23)10-9-12(21)11-20;17-13-5-1-2-6-14(13)19-16-8-4-3-7-15(16)18(23(19,20)21)10-9-12-11-22-12;1-2;2-1-4-3;;;/h2-13,18,27H,14-16H2,1H3;2-9,13,19,22H,10-12H2,1H3;1-8,12,20-21H,9-11H2;1-8,12H,9-11H2;2H2,1H3;1,3H;;;/q;;;;;;2*+1;-1/p-1/t18-;13-;2*12-;;;;;/m0000...../s1. The van der Waals surface area contributed by atoms with Crippen molar-refractivity contribution in [3.05, 3.63) is 247 Å². The summed E-state index contributed by atoms with van der Waals surface area (Å²) >= 11 is 0. The number of anilines is 12. The first-order chi connectivity index (χ1) is 53.5. The zero-order valence-electron chi connectivity index (χ0n) is 63.3. The maximum Gasteiger partial charge on any atom is 1.00 e. The smallest absolute Gasteiger partial charge is 1.00 e. The molecule has 1 saturated heterocycles. The average Bonchev–Trinajstić information content (AvgIpc) is 1.60. The monoisotopic (exact) mass is 1730 g/mol. The number of carbonyl (C=O) groups is 1. The minimum absolute atomic E-state index is 0. The molecule has 114 heavy (non-hydrogen) atoms. The maximum atomic E-state index is 14.5. The molecule has 602 valence electrons. The van der Waals surface area contributed by atoms with Crippen molar-refractivity contribution in [1.29, 1.82) is 0 Å². The first-order valence-electron chi connectivity index (χ1n) is 34.4. The van der Waals surface area contributed by atoms with Crippen molar-refractivity contribution in [2.75, 3.05) is 101 Å². The second-order valence-electron chi connectivity index (χ2n) is 24.7. The van der Waals surface area contributed by atoms with Gasteiger partial charge in [0.15, 0.2) is 0 Å². The van der Waals surface area contributed by atoms with Crippen LogP contribution in [0.2, 0.25) is 0 Å². The quantitative estimate of drug-likeness (QED) is 0.00960. The van der Waals surface area contributed by atoms with Crippen LogP contribution in [0, 0.1) is 30.2 Å². The molecule has 5 aliphatic rings. The molecule has 0 bridgehead atoms. The third-order valence-electron chi connectivity index (χ3n) is 17.3. The molecule has 0 aliphatic carbocycles. The van der Waals surface area contributed by atoms with E-state index in [-0.39, 0.29) is 189 Å². The second kappa shape index (κ2) is 42.6. The van der Waals surface area contributed by atoms with Crippen LogP contribution in [0.15, 0.2) is 223 Å². The van der Waals surface area contributed by atoms with Crippen LogP contribution in [0.5, 0.6) is 0 Å². The van der Waals surface area contributed by atoms with E-state index >= 15 is 0 Å². The van der Waals surface area contributed by atoms with Gasteiger partial charge in [-0.05, 0) is 156 Å². The van der Waals surface area contributed by atoms with Gasteiger partial charge in [-0.1, -0.05) is 115 Å². The molecule has 5 aliphatic heterocycles. The van der Waals surface area contributed by atoms with E-state index in [0.29, 0.717) is 65.9 Å². The number of hydrogen-bond donors (Lipinski definition) is 6. The summed E-state index contributed by atoms with van der Waals surface area (Å²) in [7, 11) is -16.9. The molecule has 0 spiro atoms. The molecule has 0 amide bonds. The van der Waals surface area contributed by atoms with Crippen LogP contribution in [0.25, 0.3) is 0 Å². The summed E-state index contributed by atoms with van der Waals surface area (Å²) in [5, 5.41) is 49.9. The summed E-state index contributed by atoms with van der Waals surface area (Å²) in [5.41, 5.74) is 8.48. The van der Waals surface area contributed by atoms with Crippen LogP contribution in [-0.4, -0.2) is 160 Å². The summed E-state index contributed by atoms with van der Waals surface area (Å²) in [4.78, 5) is 11.2. The van der Waals surface area contributed by atoms with Crippen LogP contribution < -0.4 is 154 Å². The Morgan fingerprint density at radius 2 is 0.746 bits per heavy atom. The predicted octanol–water partition coefficient (Wildman–Crippen LogP) is 2.21. The number of nitrogens with zero attached hydrogens (tertiary/aromatic N) is 8. The number of para-hydroxylation sites is 12. The number of nitrogens with one attached hydrogen (secondary N) is 1. The number of fused-ring (bicyclic) bond motifs is 4. The van der Waals surface area contributed by atoms with Gasteiger partial charge in [-0.25, -0.2) is 34.8 Å². The van der Waals surface area contributed by atoms with Gasteiger partial charge in [-0.15, -0.1) is 0 Å². The zero-order chi connectivity index (χ0) is 81.3. The van der Waals surface area contributed by atoms with E-state index in [1.54, 1.807) is 134 Å². The number of aliphatic hydroxyl groups excluding tert-OH is 4. The van der Waals surface area contributed by atoms with Crippen molar-refractivity contribution < 1.29 is 208 Å². The Morgan fingerprint density at radius 3 is 1.02 bits per heavy atom. The molecule has 14 rings (SSSR count).